The summed E-state index contributed by atoms with van der Waals surface area (Å²) >= 11 is 12.0. The van der Waals surface area contributed by atoms with Crippen LogP contribution in [0.15, 0.2) is 17.0 Å². The first-order valence-corrected chi connectivity index (χ1v) is 9.65. The monoisotopic (exact) mass is 347 g/mol. The third-order valence-electron chi connectivity index (χ3n) is 4.25. The summed E-state index contributed by atoms with van der Waals surface area (Å²) in [6.45, 7) is 2.46. The predicted octanol–water partition coefficient (Wildman–Crippen LogP) is 3.95. The average molecular weight is 348 g/mol. The van der Waals surface area contributed by atoms with E-state index in [4.69, 9.17) is 23.2 Å². The Bertz CT molecular complexity index is 652. The number of benzene rings is 1. The van der Waals surface area contributed by atoms with Gasteiger partial charge in [0.2, 0.25) is 10.0 Å². The number of rotatable bonds is 6. The minimum atomic E-state index is -3.49. The zero-order valence-electron chi connectivity index (χ0n) is 12.0. The highest BCUT2D eigenvalue weighted by Crippen LogP contribution is 2.39. The first-order valence-electron chi connectivity index (χ1n) is 7.30. The lowest BCUT2D eigenvalue weighted by atomic mass is 10.1. The molecule has 1 aromatic carbocycles. The molecule has 0 heterocycles. The van der Waals surface area contributed by atoms with E-state index < -0.39 is 10.0 Å². The maximum atomic E-state index is 13.0. The van der Waals surface area contributed by atoms with E-state index >= 15 is 0 Å². The molecule has 0 N–H and O–H groups in total. The van der Waals surface area contributed by atoms with Crippen molar-refractivity contribution in [2.75, 3.05) is 6.54 Å². The maximum Gasteiger partial charge on any atom is 0.243 e. The Morgan fingerprint density at radius 3 is 2.43 bits per heavy atom. The first-order chi connectivity index (χ1) is 9.93. The van der Waals surface area contributed by atoms with Crippen LogP contribution in [0.25, 0.3) is 0 Å². The minimum absolute atomic E-state index is 0.174. The van der Waals surface area contributed by atoms with Crippen molar-refractivity contribution < 1.29 is 8.42 Å². The highest BCUT2D eigenvalue weighted by atomic mass is 35.5. The van der Waals surface area contributed by atoms with Crippen LogP contribution in [-0.2, 0) is 15.9 Å². The fourth-order valence-electron chi connectivity index (χ4n) is 2.60. The highest BCUT2D eigenvalue weighted by molar-refractivity contribution is 7.89. The van der Waals surface area contributed by atoms with E-state index in [9.17, 15) is 8.42 Å². The van der Waals surface area contributed by atoms with E-state index in [1.807, 2.05) is 6.92 Å². The van der Waals surface area contributed by atoms with Crippen LogP contribution < -0.4 is 0 Å². The Balaban J connectivity index is 2.01. The topological polar surface area (TPSA) is 37.4 Å². The van der Waals surface area contributed by atoms with Gasteiger partial charge < -0.3 is 0 Å². The molecule has 0 amide bonds. The smallest absolute Gasteiger partial charge is 0.207 e. The van der Waals surface area contributed by atoms with Gasteiger partial charge in [-0.15, -0.1) is 11.6 Å². The molecular weight excluding hydrogens is 329 g/mol. The van der Waals surface area contributed by atoms with Crippen molar-refractivity contribution in [1.29, 1.82) is 0 Å². The molecule has 2 aliphatic carbocycles. The van der Waals surface area contributed by atoms with Crippen molar-refractivity contribution in [3.63, 3.8) is 0 Å². The van der Waals surface area contributed by atoms with Crippen LogP contribution in [0, 0.1) is 12.8 Å². The molecule has 0 unspecified atom stereocenters. The molecule has 21 heavy (non-hydrogen) atoms. The number of alkyl halides is 1. The molecule has 0 aliphatic heterocycles. The molecule has 3 rings (SSSR count). The lowest BCUT2D eigenvalue weighted by Gasteiger charge is -2.23. The van der Waals surface area contributed by atoms with Gasteiger partial charge in [0, 0.05) is 23.5 Å². The Morgan fingerprint density at radius 1 is 1.24 bits per heavy atom. The second kappa shape index (κ2) is 5.73. The van der Waals surface area contributed by atoms with Gasteiger partial charge in [-0.2, -0.15) is 4.31 Å². The molecule has 1 aromatic rings. The zero-order chi connectivity index (χ0) is 15.2. The molecule has 6 heteroatoms. The minimum Gasteiger partial charge on any atom is -0.207 e. The van der Waals surface area contributed by atoms with Gasteiger partial charge in [0.15, 0.2) is 0 Å². The van der Waals surface area contributed by atoms with Gasteiger partial charge in [-0.05, 0) is 61.8 Å². The van der Waals surface area contributed by atoms with Gasteiger partial charge in [0.25, 0.3) is 0 Å². The average Bonchev–Trinajstić information content (AvgIpc) is 3.30. The fraction of sp³-hybridized carbons (Fsp3) is 0.600. The summed E-state index contributed by atoms with van der Waals surface area (Å²) in [4.78, 5) is 0.318. The maximum absolute atomic E-state index is 13.0. The fourth-order valence-corrected chi connectivity index (χ4v) is 5.24. The summed E-state index contributed by atoms with van der Waals surface area (Å²) in [6, 6.07) is 3.48. The second-order valence-corrected chi connectivity index (χ2v) is 8.63. The molecule has 2 aliphatic rings. The lowest BCUT2D eigenvalue weighted by Crippen LogP contribution is -2.35. The molecular formula is C15H19Cl2NO2S. The summed E-state index contributed by atoms with van der Waals surface area (Å²) in [5.41, 5.74) is 1.50. The number of hydrogen-bond acceptors (Lipinski definition) is 2. The lowest BCUT2D eigenvalue weighted by molar-refractivity contribution is 0.388. The van der Waals surface area contributed by atoms with Crippen molar-refractivity contribution in [3.8, 4) is 0 Å². The summed E-state index contributed by atoms with van der Waals surface area (Å²) in [5, 5.41) is 0.428. The van der Waals surface area contributed by atoms with Crippen LogP contribution in [-0.4, -0.2) is 25.3 Å². The standard InChI is InChI=1S/C15H19Cl2NO2S/c1-10-12(8-16)6-13(17)7-15(10)21(19,20)18(14-4-5-14)9-11-2-3-11/h6-7,11,14H,2-5,8-9H2,1H3. The van der Waals surface area contributed by atoms with Crippen molar-refractivity contribution in [2.45, 2.75) is 49.4 Å². The van der Waals surface area contributed by atoms with Crippen LogP contribution in [0.1, 0.15) is 36.8 Å². The molecule has 0 atom stereocenters. The SMILES string of the molecule is Cc1c(CCl)cc(Cl)cc1S(=O)(=O)N(CC1CC1)C1CC1. The van der Waals surface area contributed by atoms with Gasteiger partial charge in [0.1, 0.15) is 0 Å². The Hall–Kier alpha value is -0.290. The third-order valence-corrected chi connectivity index (χ3v) is 6.80. The molecule has 0 bridgehead atoms. The summed E-state index contributed by atoms with van der Waals surface area (Å²) in [5.74, 6) is 0.799. The second-order valence-electron chi connectivity index (χ2n) is 6.07. The van der Waals surface area contributed by atoms with Gasteiger partial charge in [-0.1, -0.05) is 11.6 Å². The number of hydrogen-bond donors (Lipinski definition) is 0. The van der Waals surface area contributed by atoms with Gasteiger partial charge >= 0.3 is 0 Å². The molecule has 116 valence electrons. The molecule has 0 spiro atoms. The van der Waals surface area contributed by atoms with E-state index in [1.165, 1.54) is 0 Å². The van der Waals surface area contributed by atoms with E-state index in [0.29, 0.717) is 22.4 Å². The molecule has 3 nitrogen and oxygen atoms in total. The predicted molar refractivity (Wildman–Crippen MR) is 85.4 cm³/mol. The molecule has 0 saturated heterocycles. The van der Waals surface area contributed by atoms with Gasteiger partial charge in [0.05, 0.1) is 4.90 Å². The number of halogens is 2. The Kier molecular flexibility index (Phi) is 4.25. The van der Waals surface area contributed by atoms with Gasteiger partial charge in [-0.25, -0.2) is 8.42 Å². The van der Waals surface area contributed by atoms with Gasteiger partial charge in [-0.3, -0.25) is 0 Å². The molecule has 0 aromatic heterocycles. The van der Waals surface area contributed by atoms with Crippen molar-refractivity contribution in [3.05, 3.63) is 28.3 Å². The normalized spacial score (nSPS) is 19.2. The first kappa shape index (κ1) is 15.6. The Labute approximate surface area is 136 Å². The largest absolute Gasteiger partial charge is 0.243 e. The van der Waals surface area contributed by atoms with Crippen molar-refractivity contribution in [1.82, 2.24) is 4.31 Å². The Morgan fingerprint density at radius 2 is 1.90 bits per heavy atom. The van der Waals surface area contributed by atoms with E-state index in [2.05, 4.69) is 0 Å². The van der Waals surface area contributed by atoms with Crippen molar-refractivity contribution in [2.24, 2.45) is 5.92 Å². The summed E-state index contributed by atoms with van der Waals surface area (Å²) in [6.07, 6.45) is 4.21. The van der Waals surface area contributed by atoms with E-state index in [-0.39, 0.29) is 11.9 Å². The van der Waals surface area contributed by atoms with Crippen LogP contribution in [0.5, 0.6) is 0 Å². The number of nitrogens with zero attached hydrogens (tertiary/aromatic N) is 1. The summed E-state index contributed by atoms with van der Waals surface area (Å²) in [7, 11) is -3.49. The highest BCUT2D eigenvalue weighted by Gasteiger charge is 2.41. The van der Waals surface area contributed by atoms with E-state index in [0.717, 1.165) is 36.8 Å². The summed E-state index contributed by atoms with van der Waals surface area (Å²) < 4.78 is 27.8. The molecule has 0 radical (unpaired) electrons. The van der Waals surface area contributed by atoms with Crippen molar-refractivity contribution >= 4 is 33.2 Å². The van der Waals surface area contributed by atoms with Crippen LogP contribution in [0.3, 0.4) is 0 Å². The van der Waals surface area contributed by atoms with Crippen LogP contribution >= 0.6 is 23.2 Å². The van der Waals surface area contributed by atoms with Crippen LogP contribution in [0.4, 0.5) is 0 Å². The zero-order valence-corrected chi connectivity index (χ0v) is 14.3. The third kappa shape index (κ3) is 3.24. The molecule has 2 saturated carbocycles. The molecule has 2 fully saturated rings. The quantitative estimate of drug-likeness (QED) is 0.730. The van der Waals surface area contributed by atoms with E-state index in [1.54, 1.807) is 16.4 Å². The van der Waals surface area contributed by atoms with Crippen LogP contribution in [0.2, 0.25) is 5.02 Å². The number of sulfonamides is 1.